The molecule has 0 spiro atoms. The number of carbonyl (C=O) groups is 1. The molecular weight excluding hydrogens is 318 g/mol. The third kappa shape index (κ3) is 5.09. The molecule has 0 aliphatic rings. The zero-order valence-corrected chi connectivity index (χ0v) is 14.5. The summed E-state index contributed by atoms with van der Waals surface area (Å²) in [6.07, 6.45) is 3.05. The number of thiazole rings is 1. The molecule has 4 nitrogen and oxygen atoms in total. The molecule has 0 aliphatic heterocycles. The van der Waals surface area contributed by atoms with Gasteiger partial charge >= 0.3 is 0 Å². The number of hydrogen-bond donors (Lipinski definition) is 2. The zero-order chi connectivity index (χ0) is 15.2. The van der Waals surface area contributed by atoms with Crippen LogP contribution in [0.25, 0.3) is 0 Å². The Morgan fingerprint density at radius 3 is 2.55 bits per heavy atom. The molecule has 0 fully saturated rings. The van der Waals surface area contributed by atoms with Crippen LogP contribution in [-0.2, 0) is 6.42 Å². The predicted octanol–water partition coefficient (Wildman–Crippen LogP) is 3.72. The molecule has 1 heterocycles. The second-order valence-corrected chi connectivity index (χ2v) is 6.18. The summed E-state index contributed by atoms with van der Waals surface area (Å²) in [6, 6.07) is 7.51. The maximum atomic E-state index is 12.1. The van der Waals surface area contributed by atoms with E-state index < -0.39 is 0 Å². The number of nitrogens with zero attached hydrogens (tertiary/aromatic N) is 1. The standard InChI is InChI=1S/C16H21N3OS.ClH/c1-11-6-8-13(9-7-11)15(20)19-16-18-12(2)14(21-16)5-3-4-10-17;/h6-9H,3-5,10,17H2,1-2H3,(H,18,19,20);1H. The highest BCUT2D eigenvalue weighted by Gasteiger charge is 2.11. The Morgan fingerprint density at radius 2 is 1.91 bits per heavy atom. The summed E-state index contributed by atoms with van der Waals surface area (Å²) in [5.41, 5.74) is 8.29. The van der Waals surface area contributed by atoms with E-state index in [2.05, 4.69) is 10.3 Å². The highest BCUT2D eigenvalue weighted by atomic mass is 35.5. The molecule has 1 aromatic heterocycles. The van der Waals surface area contributed by atoms with Gasteiger partial charge in [-0.2, -0.15) is 0 Å². The lowest BCUT2D eigenvalue weighted by Crippen LogP contribution is -2.11. The largest absolute Gasteiger partial charge is 0.330 e. The molecule has 0 saturated carbocycles. The summed E-state index contributed by atoms with van der Waals surface area (Å²) in [4.78, 5) is 17.8. The molecule has 0 atom stereocenters. The maximum Gasteiger partial charge on any atom is 0.257 e. The van der Waals surface area contributed by atoms with Crippen molar-refractivity contribution in [1.82, 2.24) is 4.98 Å². The van der Waals surface area contributed by atoms with E-state index in [1.54, 1.807) is 11.3 Å². The number of amides is 1. The van der Waals surface area contributed by atoms with Gasteiger partial charge < -0.3 is 5.73 Å². The molecule has 6 heteroatoms. The fourth-order valence-corrected chi connectivity index (χ4v) is 3.02. The lowest BCUT2D eigenvalue weighted by molar-refractivity contribution is 0.102. The number of hydrogen-bond acceptors (Lipinski definition) is 4. The van der Waals surface area contributed by atoms with Gasteiger partial charge in [-0.3, -0.25) is 10.1 Å². The Balaban J connectivity index is 0.00000242. The van der Waals surface area contributed by atoms with Crippen LogP contribution in [0.5, 0.6) is 0 Å². The van der Waals surface area contributed by atoms with Crippen LogP contribution in [0, 0.1) is 13.8 Å². The van der Waals surface area contributed by atoms with Crippen LogP contribution in [-0.4, -0.2) is 17.4 Å². The second-order valence-electron chi connectivity index (χ2n) is 5.09. The van der Waals surface area contributed by atoms with Crippen molar-refractivity contribution in [3.63, 3.8) is 0 Å². The minimum absolute atomic E-state index is 0. The zero-order valence-electron chi connectivity index (χ0n) is 12.9. The first-order valence-corrected chi connectivity index (χ1v) is 7.96. The first-order valence-electron chi connectivity index (χ1n) is 7.14. The summed E-state index contributed by atoms with van der Waals surface area (Å²) < 4.78 is 0. The quantitative estimate of drug-likeness (QED) is 0.788. The second kappa shape index (κ2) is 8.88. The number of unbranched alkanes of at least 4 members (excludes halogenated alkanes) is 1. The lowest BCUT2D eigenvalue weighted by atomic mass is 10.1. The van der Waals surface area contributed by atoms with E-state index in [0.29, 0.717) is 10.7 Å². The van der Waals surface area contributed by atoms with Gasteiger partial charge in [0, 0.05) is 10.4 Å². The SMILES string of the molecule is Cc1ccc(C(=O)Nc2nc(C)c(CCCCN)s2)cc1.Cl. The molecule has 0 bridgehead atoms. The van der Waals surface area contributed by atoms with E-state index in [0.717, 1.165) is 37.1 Å². The van der Waals surface area contributed by atoms with E-state index in [1.807, 2.05) is 38.1 Å². The molecule has 1 amide bonds. The number of aryl methyl sites for hydroxylation is 3. The summed E-state index contributed by atoms with van der Waals surface area (Å²) in [5, 5.41) is 3.54. The Morgan fingerprint density at radius 1 is 1.23 bits per heavy atom. The van der Waals surface area contributed by atoms with Crippen LogP contribution in [0.15, 0.2) is 24.3 Å². The normalized spacial score (nSPS) is 10.1. The minimum atomic E-state index is -0.114. The number of benzene rings is 1. The Bertz CT molecular complexity index is 610. The van der Waals surface area contributed by atoms with Gasteiger partial charge in [-0.15, -0.1) is 23.7 Å². The topological polar surface area (TPSA) is 68.0 Å². The predicted molar refractivity (Wildman–Crippen MR) is 95.2 cm³/mol. The van der Waals surface area contributed by atoms with Gasteiger partial charge in [-0.25, -0.2) is 4.98 Å². The molecule has 0 saturated heterocycles. The number of halogens is 1. The number of aromatic nitrogens is 1. The summed E-state index contributed by atoms with van der Waals surface area (Å²) in [5.74, 6) is -0.114. The van der Waals surface area contributed by atoms with Gasteiger partial charge in [-0.05, 0) is 51.8 Å². The van der Waals surface area contributed by atoms with Crippen molar-refractivity contribution in [2.24, 2.45) is 5.73 Å². The van der Waals surface area contributed by atoms with E-state index in [1.165, 1.54) is 4.88 Å². The first kappa shape index (κ1) is 18.6. The monoisotopic (exact) mass is 339 g/mol. The third-order valence-electron chi connectivity index (χ3n) is 3.28. The van der Waals surface area contributed by atoms with E-state index in [9.17, 15) is 4.79 Å². The molecule has 0 radical (unpaired) electrons. The van der Waals surface area contributed by atoms with E-state index >= 15 is 0 Å². The van der Waals surface area contributed by atoms with Crippen molar-refractivity contribution >= 4 is 34.8 Å². The summed E-state index contributed by atoms with van der Waals surface area (Å²) in [6.45, 7) is 4.70. The van der Waals surface area contributed by atoms with Gasteiger partial charge in [0.15, 0.2) is 5.13 Å². The maximum absolute atomic E-state index is 12.1. The van der Waals surface area contributed by atoms with Crippen molar-refractivity contribution in [1.29, 1.82) is 0 Å². The van der Waals surface area contributed by atoms with Crippen molar-refractivity contribution < 1.29 is 4.79 Å². The average Bonchev–Trinajstić information content (AvgIpc) is 2.80. The Hall–Kier alpha value is -1.43. The molecule has 0 unspecified atom stereocenters. The number of nitrogens with one attached hydrogen (secondary N) is 1. The van der Waals surface area contributed by atoms with Crippen LogP contribution < -0.4 is 11.1 Å². The molecule has 3 N–H and O–H groups in total. The third-order valence-corrected chi connectivity index (χ3v) is 4.42. The Labute approximate surface area is 141 Å². The minimum Gasteiger partial charge on any atom is -0.330 e. The molecule has 1 aromatic carbocycles. The lowest BCUT2D eigenvalue weighted by Gasteiger charge is -2.01. The highest BCUT2D eigenvalue weighted by Crippen LogP contribution is 2.24. The number of anilines is 1. The van der Waals surface area contributed by atoms with Crippen LogP contribution in [0.1, 0.15) is 39.3 Å². The van der Waals surface area contributed by atoms with Crippen molar-refractivity contribution in [3.8, 4) is 0 Å². The fraction of sp³-hybridized carbons (Fsp3) is 0.375. The van der Waals surface area contributed by atoms with Crippen LogP contribution in [0.2, 0.25) is 0 Å². The molecule has 2 aromatic rings. The Kier molecular flexibility index (Phi) is 7.51. The number of rotatable bonds is 6. The smallest absolute Gasteiger partial charge is 0.257 e. The highest BCUT2D eigenvalue weighted by molar-refractivity contribution is 7.15. The van der Waals surface area contributed by atoms with E-state index in [-0.39, 0.29) is 18.3 Å². The van der Waals surface area contributed by atoms with Crippen LogP contribution in [0.3, 0.4) is 0 Å². The van der Waals surface area contributed by atoms with Gasteiger partial charge in [0.05, 0.1) is 5.69 Å². The fourth-order valence-electron chi connectivity index (χ4n) is 2.02. The number of carbonyl (C=O) groups excluding carboxylic acids is 1. The van der Waals surface area contributed by atoms with Gasteiger partial charge in [-0.1, -0.05) is 17.7 Å². The molecule has 0 aliphatic carbocycles. The summed E-state index contributed by atoms with van der Waals surface area (Å²) in [7, 11) is 0. The first-order chi connectivity index (χ1) is 10.1. The van der Waals surface area contributed by atoms with Crippen molar-refractivity contribution in [2.75, 3.05) is 11.9 Å². The summed E-state index contributed by atoms with van der Waals surface area (Å²) >= 11 is 1.55. The van der Waals surface area contributed by atoms with Gasteiger partial charge in [0.2, 0.25) is 0 Å². The number of nitrogens with two attached hydrogens (primary N) is 1. The average molecular weight is 340 g/mol. The van der Waals surface area contributed by atoms with Crippen molar-refractivity contribution in [2.45, 2.75) is 33.1 Å². The van der Waals surface area contributed by atoms with Crippen LogP contribution in [0.4, 0.5) is 5.13 Å². The molecule has 120 valence electrons. The molecule has 22 heavy (non-hydrogen) atoms. The van der Waals surface area contributed by atoms with Gasteiger partial charge in [0.25, 0.3) is 5.91 Å². The molecular formula is C16H22ClN3OS. The van der Waals surface area contributed by atoms with Gasteiger partial charge in [0.1, 0.15) is 0 Å². The van der Waals surface area contributed by atoms with Crippen molar-refractivity contribution in [3.05, 3.63) is 46.0 Å². The van der Waals surface area contributed by atoms with Crippen LogP contribution >= 0.6 is 23.7 Å². The van der Waals surface area contributed by atoms with E-state index in [4.69, 9.17) is 5.73 Å². The molecule has 2 rings (SSSR count).